The van der Waals surface area contributed by atoms with Gasteiger partial charge in [0, 0.05) is 31.9 Å². The molecule has 1 aliphatic heterocycles. The molecule has 0 radical (unpaired) electrons. The average Bonchev–Trinajstić information content (AvgIpc) is 2.96. The third-order valence-electron chi connectivity index (χ3n) is 4.21. The van der Waals surface area contributed by atoms with Gasteiger partial charge in [-0.25, -0.2) is 9.37 Å². The third-order valence-corrected chi connectivity index (χ3v) is 4.21. The number of aromatic nitrogens is 2. The Balaban J connectivity index is 1.86. The van der Waals surface area contributed by atoms with Gasteiger partial charge in [-0.3, -0.25) is 4.79 Å². The summed E-state index contributed by atoms with van der Waals surface area (Å²) in [5.41, 5.74) is 7.21. The van der Waals surface area contributed by atoms with E-state index in [1.807, 2.05) is 29.8 Å². The number of nitrogens with zero attached hydrogens (tertiary/aromatic N) is 3. The van der Waals surface area contributed by atoms with E-state index in [1.54, 1.807) is 24.5 Å². The molecule has 0 saturated carbocycles. The molecule has 128 valence electrons. The van der Waals surface area contributed by atoms with Crippen LogP contribution in [0.25, 0.3) is 11.3 Å². The number of carbonyl (C=O) groups is 1. The van der Waals surface area contributed by atoms with E-state index in [0.29, 0.717) is 18.7 Å². The number of piperidine rings is 1. The highest BCUT2D eigenvalue weighted by Crippen LogP contribution is 2.28. The fourth-order valence-electron chi connectivity index (χ4n) is 2.88. The normalized spacial score (nSPS) is 21.6. The number of aryl methyl sites for hydroxylation is 1. The van der Waals surface area contributed by atoms with Gasteiger partial charge in [0.05, 0.1) is 17.6 Å². The second-order valence-electron chi connectivity index (χ2n) is 6.22. The zero-order valence-corrected chi connectivity index (χ0v) is 13.8. The minimum atomic E-state index is -1.10. The van der Waals surface area contributed by atoms with Crippen molar-refractivity contribution in [3.05, 3.63) is 36.3 Å². The molecule has 7 heteroatoms. The number of benzene rings is 1. The van der Waals surface area contributed by atoms with Crippen molar-refractivity contribution in [1.29, 1.82) is 0 Å². The zero-order valence-electron chi connectivity index (χ0n) is 13.8. The van der Waals surface area contributed by atoms with E-state index >= 15 is 0 Å². The van der Waals surface area contributed by atoms with Gasteiger partial charge in [0.15, 0.2) is 0 Å². The Hall–Kier alpha value is -2.41. The largest absolute Gasteiger partial charge is 0.486 e. The summed E-state index contributed by atoms with van der Waals surface area (Å²) in [6, 6.07) is 5.10. The molecule has 1 amide bonds. The number of ether oxygens (including phenoxy) is 1. The summed E-state index contributed by atoms with van der Waals surface area (Å²) in [6.07, 6.45) is 2.42. The fourth-order valence-corrected chi connectivity index (χ4v) is 2.88. The highest BCUT2D eigenvalue weighted by molar-refractivity contribution is 5.96. The first-order valence-electron chi connectivity index (χ1n) is 7.85. The molecule has 1 saturated heterocycles. The second-order valence-corrected chi connectivity index (χ2v) is 6.22. The highest BCUT2D eigenvalue weighted by Gasteiger charge is 2.30. The van der Waals surface area contributed by atoms with Crippen molar-refractivity contribution in [1.82, 2.24) is 14.5 Å². The number of hydrogen-bond acceptors (Lipinski definition) is 4. The molecule has 2 N–H and O–H groups in total. The number of halogens is 1. The lowest BCUT2D eigenvalue weighted by Gasteiger charge is -2.32. The molecule has 0 aliphatic carbocycles. The maximum atomic E-state index is 14.2. The number of imidazole rings is 1. The van der Waals surface area contributed by atoms with Gasteiger partial charge >= 0.3 is 0 Å². The molecule has 2 heterocycles. The van der Waals surface area contributed by atoms with Gasteiger partial charge in [-0.15, -0.1) is 0 Å². The number of nitrogens with two attached hydrogens (primary N) is 1. The molecule has 0 unspecified atom stereocenters. The number of amides is 1. The highest BCUT2D eigenvalue weighted by atomic mass is 19.1. The standard InChI is InChI=1S/C17H21FN4O2/c1-21-6-5-16(13(18)8-21)24-15-4-3-11(7-12(15)17(19)23)14-9-22(2)10-20-14/h3-4,7,9-10,13,16H,5-6,8H2,1-2H3,(H2,19,23)/t13-,16-/m1/s1. The molecular weight excluding hydrogens is 311 g/mol. The van der Waals surface area contributed by atoms with Crippen molar-refractivity contribution >= 4 is 5.91 Å². The first-order chi connectivity index (χ1) is 11.4. The monoisotopic (exact) mass is 332 g/mol. The predicted molar refractivity (Wildman–Crippen MR) is 88.6 cm³/mol. The molecule has 1 aromatic heterocycles. The van der Waals surface area contributed by atoms with E-state index in [0.717, 1.165) is 17.8 Å². The van der Waals surface area contributed by atoms with Crippen LogP contribution in [0.5, 0.6) is 5.75 Å². The van der Waals surface area contributed by atoms with E-state index in [1.165, 1.54) is 0 Å². The van der Waals surface area contributed by atoms with Gasteiger partial charge in [-0.1, -0.05) is 0 Å². The lowest BCUT2D eigenvalue weighted by molar-refractivity contribution is 0.0308. The van der Waals surface area contributed by atoms with Crippen LogP contribution in [-0.2, 0) is 7.05 Å². The average molecular weight is 332 g/mol. The Morgan fingerprint density at radius 1 is 1.42 bits per heavy atom. The quantitative estimate of drug-likeness (QED) is 0.923. The molecule has 2 atom stereocenters. The van der Waals surface area contributed by atoms with Gasteiger partial charge in [0.25, 0.3) is 5.91 Å². The SMILES string of the molecule is CN1CC[C@@H](Oc2ccc(-c3cn(C)cn3)cc2C(N)=O)[C@H](F)C1. The van der Waals surface area contributed by atoms with Crippen molar-refractivity contribution in [3.63, 3.8) is 0 Å². The summed E-state index contributed by atoms with van der Waals surface area (Å²) in [7, 11) is 3.74. The fraction of sp³-hybridized carbons (Fsp3) is 0.412. The van der Waals surface area contributed by atoms with Crippen LogP contribution in [0.1, 0.15) is 16.8 Å². The molecule has 1 aliphatic rings. The molecule has 3 rings (SSSR count). The smallest absolute Gasteiger partial charge is 0.252 e. The molecule has 6 nitrogen and oxygen atoms in total. The third kappa shape index (κ3) is 3.41. The van der Waals surface area contributed by atoms with Crippen LogP contribution < -0.4 is 10.5 Å². The van der Waals surface area contributed by atoms with Gasteiger partial charge in [-0.2, -0.15) is 0 Å². The Labute approximate surface area is 140 Å². The number of rotatable bonds is 4. The van der Waals surface area contributed by atoms with E-state index in [4.69, 9.17) is 10.5 Å². The summed E-state index contributed by atoms with van der Waals surface area (Å²) < 4.78 is 21.8. The van der Waals surface area contributed by atoms with E-state index in [9.17, 15) is 9.18 Å². The van der Waals surface area contributed by atoms with Crippen molar-refractivity contribution in [2.24, 2.45) is 12.8 Å². The number of likely N-dealkylation sites (tertiary alicyclic amines) is 1. The summed E-state index contributed by atoms with van der Waals surface area (Å²) in [6.45, 7) is 1.08. The van der Waals surface area contributed by atoms with E-state index < -0.39 is 18.2 Å². The maximum Gasteiger partial charge on any atom is 0.252 e. The lowest BCUT2D eigenvalue weighted by Crippen LogP contribution is -2.45. The van der Waals surface area contributed by atoms with Crippen molar-refractivity contribution in [2.75, 3.05) is 20.1 Å². The van der Waals surface area contributed by atoms with Crippen molar-refractivity contribution in [2.45, 2.75) is 18.7 Å². The maximum absolute atomic E-state index is 14.2. The van der Waals surface area contributed by atoms with Crippen LogP contribution >= 0.6 is 0 Å². The van der Waals surface area contributed by atoms with Gasteiger partial charge < -0.3 is 19.9 Å². The molecular formula is C17H21FN4O2. The van der Waals surface area contributed by atoms with Crippen LogP contribution in [0.3, 0.4) is 0 Å². The summed E-state index contributed by atoms with van der Waals surface area (Å²) in [5.74, 6) is -0.287. The second kappa shape index (κ2) is 6.60. The first-order valence-corrected chi connectivity index (χ1v) is 7.85. The lowest BCUT2D eigenvalue weighted by atomic mass is 10.0. The van der Waals surface area contributed by atoms with Crippen LogP contribution in [0.4, 0.5) is 4.39 Å². The minimum absolute atomic E-state index is 0.240. The Morgan fingerprint density at radius 2 is 2.21 bits per heavy atom. The number of carbonyl (C=O) groups excluding carboxylic acids is 1. The van der Waals surface area contributed by atoms with Gasteiger partial charge in [-0.05, 0) is 31.7 Å². The minimum Gasteiger partial charge on any atom is -0.486 e. The molecule has 1 aromatic carbocycles. The predicted octanol–water partition coefficient (Wildman–Crippen LogP) is 1.61. The molecule has 0 spiro atoms. The Morgan fingerprint density at radius 3 is 2.83 bits per heavy atom. The topological polar surface area (TPSA) is 73.4 Å². The summed E-state index contributed by atoms with van der Waals surface area (Å²) in [5, 5.41) is 0. The Bertz CT molecular complexity index is 746. The molecule has 1 fully saturated rings. The van der Waals surface area contributed by atoms with Crippen LogP contribution in [-0.4, -0.2) is 52.8 Å². The summed E-state index contributed by atoms with van der Waals surface area (Å²) in [4.78, 5) is 18.0. The molecule has 2 aromatic rings. The van der Waals surface area contributed by atoms with Crippen LogP contribution in [0, 0.1) is 0 Å². The molecule has 24 heavy (non-hydrogen) atoms. The zero-order chi connectivity index (χ0) is 17.3. The number of alkyl halides is 1. The van der Waals surface area contributed by atoms with Crippen molar-refractivity contribution in [3.8, 4) is 17.0 Å². The van der Waals surface area contributed by atoms with Crippen LogP contribution in [0.2, 0.25) is 0 Å². The number of primary amides is 1. The van der Waals surface area contributed by atoms with E-state index in [2.05, 4.69) is 4.98 Å². The first kappa shape index (κ1) is 16.4. The summed E-state index contributed by atoms with van der Waals surface area (Å²) >= 11 is 0. The molecule has 0 bridgehead atoms. The number of hydrogen-bond donors (Lipinski definition) is 1. The van der Waals surface area contributed by atoms with Gasteiger partial charge in [0.1, 0.15) is 18.0 Å². The Kier molecular flexibility index (Phi) is 4.53. The van der Waals surface area contributed by atoms with Crippen LogP contribution in [0.15, 0.2) is 30.7 Å². The van der Waals surface area contributed by atoms with E-state index in [-0.39, 0.29) is 5.56 Å². The van der Waals surface area contributed by atoms with Gasteiger partial charge in [0.2, 0.25) is 0 Å². The van der Waals surface area contributed by atoms with Crippen molar-refractivity contribution < 1.29 is 13.9 Å².